The van der Waals surface area contributed by atoms with E-state index in [4.69, 9.17) is 0 Å². The van der Waals surface area contributed by atoms with Gasteiger partial charge in [-0.2, -0.15) is 0 Å². The summed E-state index contributed by atoms with van der Waals surface area (Å²) in [4.78, 5) is 21.1. The number of rotatable bonds is 6. The van der Waals surface area contributed by atoms with Gasteiger partial charge in [0.05, 0.1) is 17.9 Å². The third-order valence-corrected chi connectivity index (χ3v) is 2.75. The first-order valence-electron chi connectivity index (χ1n) is 5.36. The van der Waals surface area contributed by atoms with E-state index in [9.17, 15) is 20.0 Å². The Morgan fingerprint density at radius 2 is 2.00 bits per heavy atom. The molecule has 1 rings (SSSR count). The Morgan fingerprint density at radius 3 is 2.41 bits per heavy atom. The molecule has 5 heteroatoms. The van der Waals surface area contributed by atoms with Crippen molar-refractivity contribution in [1.29, 1.82) is 0 Å². The van der Waals surface area contributed by atoms with Crippen LogP contribution in [0.2, 0.25) is 0 Å². The Morgan fingerprint density at radius 1 is 1.41 bits per heavy atom. The molecule has 0 radical (unpaired) electrons. The molecule has 3 atom stereocenters. The molecule has 92 valence electrons. The Balaban J connectivity index is 3.02. The number of aliphatic hydroxyl groups excluding tert-OH is 1. The second-order valence-corrected chi connectivity index (χ2v) is 3.99. The summed E-state index contributed by atoms with van der Waals surface area (Å²) in [5.41, 5.74) is 0.696. The average Bonchev–Trinajstić information content (AvgIpc) is 2.29. The zero-order valence-electron chi connectivity index (χ0n) is 9.52. The first-order valence-corrected chi connectivity index (χ1v) is 5.36. The van der Waals surface area contributed by atoms with Crippen molar-refractivity contribution in [3.05, 3.63) is 46.0 Å². The topological polar surface area (TPSA) is 80.4 Å². The predicted molar refractivity (Wildman–Crippen MR) is 62.3 cm³/mol. The number of carbonyl (C=O) groups is 1. The molecular formula is C12H15NO4. The minimum absolute atomic E-state index is 0.363. The Bertz CT molecular complexity index is 377. The van der Waals surface area contributed by atoms with E-state index < -0.39 is 22.9 Å². The van der Waals surface area contributed by atoms with Gasteiger partial charge in [0.15, 0.2) is 0 Å². The number of benzene rings is 1. The van der Waals surface area contributed by atoms with E-state index in [1.165, 1.54) is 6.92 Å². The smallest absolute Gasteiger partial charge is 0.211 e. The summed E-state index contributed by atoms with van der Waals surface area (Å²) in [5, 5.41) is 20.1. The molecule has 0 saturated heterocycles. The molecule has 1 aromatic rings. The van der Waals surface area contributed by atoms with Gasteiger partial charge in [-0.3, -0.25) is 10.1 Å². The Kier molecular flexibility index (Phi) is 4.78. The Labute approximate surface area is 99.2 Å². The van der Waals surface area contributed by atoms with Crippen molar-refractivity contribution < 1.29 is 14.8 Å². The van der Waals surface area contributed by atoms with Crippen LogP contribution in [0.15, 0.2) is 30.3 Å². The SMILES string of the molecule is C[C@@H](O)[C@@H](C=O)[C@H](C[N+](=O)[O-])c1ccccc1. The van der Waals surface area contributed by atoms with Gasteiger partial charge in [-0.15, -0.1) is 0 Å². The van der Waals surface area contributed by atoms with Crippen LogP contribution in [0.1, 0.15) is 18.4 Å². The highest BCUT2D eigenvalue weighted by Crippen LogP contribution is 2.26. The second-order valence-electron chi connectivity index (χ2n) is 3.99. The average molecular weight is 237 g/mol. The lowest BCUT2D eigenvalue weighted by atomic mass is 9.84. The molecule has 1 aromatic carbocycles. The van der Waals surface area contributed by atoms with Gasteiger partial charge in [0.1, 0.15) is 6.29 Å². The van der Waals surface area contributed by atoms with Crippen molar-refractivity contribution >= 4 is 6.29 Å². The number of nitrogens with zero attached hydrogens (tertiary/aromatic N) is 1. The normalized spacial score (nSPS) is 15.9. The molecule has 0 aliphatic heterocycles. The van der Waals surface area contributed by atoms with E-state index in [2.05, 4.69) is 0 Å². The molecule has 1 N–H and O–H groups in total. The molecule has 17 heavy (non-hydrogen) atoms. The third kappa shape index (κ3) is 3.64. The number of hydrogen-bond acceptors (Lipinski definition) is 4. The van der Waals surface area contributed by atoms with Crippen LogP contribution < -0.4 is 0 Å². The van der Waals surface area contributed by atoms with Crippen LogP contribution in [0.3, 0.4) is 0 Å². The van der Waals surface area contributed by atoms with Crippen molar-refractivity contribution in [2.45, 2.75) is 18.9 Å². The second kappa shape index (κ2) is 6.10. The lowest BCUT2D eigenvalue weighted by Crippen LogP contribution is -2.30. The van der Waals surface area contributed by atoms with Gasteiger partial charge in [-0.05, 0) is 12.5 Å². The quantitative estimate of drug-likeness (QED) is 0.458. The van der Waals surface area contributed by atoms with Crippen molar-refractivity contribution in [3.8, 4) is 0 Å². The minimum Gasteiger partial charge on any atom is -0.393 e. The molecule has 0 bridgehead atoms. The highest BCUT2D eigenvalue weighted by atomic mass is 16.6. The molecule has 0 saturated carbocycles. The van der Waals surface area contributed by atoms with Crippen molar-refractivity contribution in [3.63, 3.8) is 0 Å². The van der Waals surface area contributed by atoms with Gasteiger partial charge in [-0.25, -0.2) is 0 Å². The summed E-state index contributed by atoms with van der Waals surface area (Å²) < 4.78 is 0. The first kappa shape index (κ1) is 13.3. The highest BCUT2D eigenvalue weighted by molar-refractivity contribution is 5.57. The maximum absolute atomic E-state index is 11.0. The van der Waals surface area contributed by atoms with Gasteiger partial charge in [0.25, 0.3) is 0 Å². The fourth-order valence-corrected chi connectivity index (χ4v) is 1.85. The third-order valence-electron chi connectivity index (χ3n) is 2.75. The van der Waals surface area contributed by atoms with Crippen LogP contribution in [-0.2, 0) is 4.79 Å². The molecule has 0 aliphatic carbocycles. The lowest BCUT2D eigenvalue weighted by Gasteiger charge is -2.22. The molecule has 0 amide bonds. The van der Waals surface area contributed by atoms with Crippen molar-refractivity contribution in [2.75, 3.05) is 6.54 Å². The molecule has 0 fully saturated rings. The van der Waals surface area contributed by atoms with Gasteiger partial charge in [-0.1, -0.05) is 30.3 Å². The monoisotopic (exact) mass is 237 g/mol. The van der Waals surface area contributed by atoms with Gasteiger partial charge >= 0.3 is 0 Å². The van der Waals surface area contributed by atoms with Crippen LogP contribution in [0, 0.1) is 16.0 Å². The van der Waals surface area contributed by atoms with Crippen LogP contribution in [0.5, 0.6) is 0 Å². The molecule has 0 unspecified atom stereocenters. The van der Waals surface area contributed by atoms with Crippen LogP contribution in [0.25, 0.3) is 0 Å². The summed E-state index contributed by atoms with van der Waals surface area (Å²) in [7, 11) is 0. The summed E-state index contributed by atoms with van der Waals surface area (Å²) in [5.74, 6) is -1.36. The zero-order chi connectivity index (χ0) is 12.8. The van der Waals surface area contributed by atoms with E-state index in [1.807, 2.05) is 0 Å². The summed E-state index contributed by atoms with van der Waals surface area (Å²) >= 11 is 0. The highest BCUT2D eigenvalue weighted by Gasteiger charge is 2.30. The number of hydrogen-bond donors (Lipinski definition) is 1. The van der Waals surface area contributed by atoms with Gasteiger partial charge in [0.2, 0.25) is 6.54 Å². The molecule has 0 spiro atoms. The standard InChI is InChI=1S/C12H15NO4/c1-9(15)12(8-14)11(7-13(16)17)10-5-3-2-4-6-10/h2-6,8-9,11-12,15H,7H2,1H3/t9-,11-,12-/m1/s1. The molecule has 5 nitrogen and oxygen atoms in total. The maximum Gasteiger partial charge on any atom is 0.211 e. The molecule has 0 aliphatic rings. The fourth-order valence-electron chi connectivity index (χ4n) is 1.85. The lowest BCUT2D eigenvalue weighted by molar-refractivity contribution is -0.484. The van der Waals surface area contributed by atoms with Gasteiger partial charge in [0, 0.05) is 4.92 Å². The van der Waals surface area contributed by atoms with E-state index >= 15 is 0 Å². The largest absolute Gasteiger partial charge is 0.393 e. The summed E-state index contributed by atoms with van der Waals surface area (Å²) in [6, 6.07) is 8.77. The van der Waals surface area contributed by atoms with Crippen LogP contribution in [-0.4, -0.2) is 29.0 Å². The zero-order valence-corrected chi connectivity index (χ0v) is 9.52. The minimum atomic E-state index is -0.905. The Hall–Kier alpha value is -1.75. The van der Waals surface area contributed by atoms with Crippen LogP contribution >= 0.6 is 0 Å². The predicted octanol–water partition coefficient (Wildman–Crippen LogP) is 1.24. The maximum atomic E-state index is 11.0. The molecule has 0 heterocycles. The first-order chi connectivity index (χ1) is 8.06. The summed E-state index contributed by atoms with van der Waals surface area (Å²) in [6.07, 6.45) is -0.316. The molecule has 0 aromatic heterocycles. The molecular weight excluding hydrogens is 222 g/mol. The fraction of sp³-hybridized carbons (Fsp3) is 0.417. The number of aliphatic hydroxyl groups is 1. The van der Waals surface area contributed by atoms with Crippen molar-refractivity contribution in [1.82, 2.24) is 0 Å². The van der Waals surface area contributed by atoms with Crippen molar-refractivity contribution in [2.24, 2.45) is 5.92 Å². The van der Waals surface area contributed by atoms with E-state index in [0.717, 1.165) is 0 Å². The number of aldehydes is 1. The van der Waals surface area contributed by atoms with E-state index in [1.54, 1.807) is 30.3 Å². The van der Waals surface area contributed by atoms with E-state index in [0.29, 0.717) is 11.8 Å². The number of nitro groups is 1. The number of carbonyl (C=O) groups excluding carboxylic acids is 1. The van der Waals surface area contributed by atoms with E-state index in [-0.39, 0.29) is 6.54 Å². The van der Waals surface area contributed by atoms with Gasteiger partial charge < -0.3 is 9.90 Å². The summed E-state index contributed by atoms with van der Waals surface area (Å²) in [6.45, 7) is 1.10. The van der Waals surface area contributed by atoms with Crippen LogP contribution in [0.4, 0.5) is 0 Å².